The molecular weight excluding hydrogens is 120 g/mol. The second-order valence-electron chi connectivity index (χ2n) is 2.31. The van der Waals surface area contributed by atoms with Crippen LogP contribution in [0.4, 0.5) is 0 Å². The maximum Gasteiger partial charge on any atom is 0.376 e. The normalized spacial score (nSPS) is 23.3. The van der Waals surface area contributed by atoms with Crippen LogP contribution >= 0.6 is 0 Å². The summed E-state index contributed by atoms with van der Waals surface area (Å²) in [5.41, 5.74) is 0. The molecule has 1 aliphatic heterocycles. The van der Waals surface area contributed by atoms with Gasteiger partial charge in [0, 0.05) is 13.8 Å². The fraction of sp³-hybridized carbons (Fsp3) is 0.500. The minimum atomic E-state index is -0.811. The Hall–Kier alpha value is -0.990. The van der Waals surface area contributed by atoms with E-state index in [0.717, 1.165) is 0 Å². The molecule has 0 saturated carbocycles. The number of ether oxygens (including phenoxy) is 2. The highest BCUT2D eigenvalue weighted by Crippen LogP contribution is 2.24. The van der Waals surface area contributed by atoms with Crippen LogP contribution in [0.2, 0.25) is 0 Å². The van der Waals surface area contributed by atoms with Crippen molar-refractivity contribution in [3.8, 4) is 0 Å². The van der Waals surface area contributed by atoms with Gasteiger partial charge < -0.3 is 9.47 Å². The molecule has 3 nitrogen and oxygen atoms in total. The summed E-state index contributed by atoms with van der Waals surface area (Å²) in [6.45, 7) is 6.65. The van der Waals surface area contributed by atoms with Gasteiger partial charge in [0.15, 0.2) is 0 Å². The number of carbonyl (C=O) groups excluding carboxylic acids is 1. The van der Waals surface area contributed by atoms with E-state index in [2.05, 4.69) is 6.58 Å². The van der Waals surface area contributed by atoms with Gasteiger partial charge in [-0.3, -0.25) is 0 Å². The molecule has 3 heteroatoms. The highest BCUT2D eigenvalue weighted by atomic mass is 16.8. The van der Waals surface area contributed by atoms with Gasteiger partial charge in [-0.1, -0.05) is 0 Å². The van der Waals surface area contributed by atoms with E-state index >= 15 is 0 Å². The Kier molecular flexibility index (Phi) is 1.02. The molecule has 0 amide bonds. The molecule has 0 aliphatic carbocycles. The molecular formula is C6H8O3. The van der Waals surface area contributed by atoms with Gasteiger partial charge in [-0.2, -0.15) is 0 Å². The third-order valence-electron chi connectivity index (χ3n) is 0.935. The summed E-state index contributed by atoms with van der Waals surface area (Å²) in [7, 11) is 0. The van der Waals surface area contributed by atoms with Crippen LogP contribution in [0.3, 0.4) is 0 Å². The standard InChI is InChI=1S/C6H8O3/c1-4-5(7)9-6(2,3)8-4/h1H2,2-3H3. The molecule has 0 N–H and O–H groups in total. The van der Waals surface area contributed by atoms with Crippen LogP contribution in [0.25, 0.3) is 0 Å². The van der Waals surface area contributed by atoms with Crippen LogP contribution in [0.1, 0.15) is 13.8 Å². The number of hydrogen-bond acceptors (Lipinski definition) is 3. The maximum absolute atomic E-state index is 10.5. The Bertz CT molecular complexity index is 151. The molecule has 0 unspecified atom stereocenters. The van der Waals surface area contributed by atoms with Gasteiger partial charge in [-0.15, -0.1) is 0 Å². The molecule has 1 heterocycles. The van der Waals surface area contributed by atoms with Crippen molar-refractivity contribution < 1.29 is 14.3 Å². The Morgan fingerprint density at radius 2 is 2.00 bits per heavy atom. The molecule has 0 aromatic carbocycles. The van der Waals surface area contributed by atoms with Crippen LogP contribution in [0.5, 0.6) is 0 Å². The summed E-state index contributed by atoms with van der Waals surface area (Å²) in [6.07, 6.45) is 0. The third kappa shape index (κ3) is 1.04. The van der Waals surface area contributed by atoms with E-state index in [4.69, 9.17) is 9.47 Å². The van der Waals surface area contributed by atoms with Crippen LogP contribution in [0, 0.1) is 0 Å². The molecule has 0 spiro atoms. The molecule has 0 radical (unpaired) electrons. The monoisotopic (exact) mass is 128 g/mol. The van der Waals surface area contributed by atoms with Crippen LogP contribution in [-0.4, -0.2) is 11.8 Å². The zero-order valence-corrected chi connectivity index (χ0v) is 5.43. The quantitative estimate of drug-likeness (QED) is 0.357. The first-order chi connectivity index (χ1) is 4.01. The van der Waals surface area contributed by atoms with Gasteiger partial charge in [-0.05, 0) is 6.58 Å². The lowest BCUT2D eigenvalue weighted by atomic mass is 10.4. The van der Waals surface area contributed by atoms with Crippen molar-refractivity contribution in [3.63, 3.8) is 0 Å². The third-order valence-corrected chi connectivity index (χ3v) is 0.935. The van der Waals surface area contributed by atoms with Gasteiger partial charge in [0.05, 0.1) is 0 Å². The van der Waals surface area contributed by atoms with E-state index in [-0.39, 0.29) is 5.76 Å². The first-order valence-corrected chi connectivity index (χ1v) is 2.62. The summed E-state index contributed by atoms with van der Waals surface area (Å²) in [6, 6.07) is 0. The molecule has 9 heavy (non-hydrogen) atoms. The summed E-state index contributed by atoms with van der Waals surface area (Å²) >= 11 is 0. The van der Waals surface area contributed by atoms with E-state index in [9.17, 15) is 4.79 Å². The molecule has 50 valence electrons. The summed E-state index contributed by atoms with van der Waals surface area (Å²) in [5, 5.41) is 0. The van der Waals surface area contributed by atoms with E-state index in [1.165, 1.54) is 0 Å². The minimum Gasteiger partial charge on any atom is -0.446 e. The number of rotatable bonds is 0. The van der Waals surface area contributed by atoms with Crippen molar-refractivity contribution in [2.75, 3.05) is 0 Å². The average Bonchev–Trinajstić information content (AvgIpc) is 1.79. The van der Waals surface area contributed by atoms with Gasteiger partial charge in [0.25, 0.3) is 0 Å². The summed E-state index contributed by atoms with van der Waals surface area (Å²) in [5.74, 6) is -1.20. The number of carbonyl (C=O) groups is 1. The predicted molar refractivity (Wildman–Crippen MR) is 30.4 cm³/mol. The number of cyclic esters (lactones) is 1. The zero-order valence-electron chi connectivity index (χ0n) is 5.43. The first-order valence-electron chi connectivity index (χ1n) is 2.62. The fourth-order valence-corrected chi connectivity index (χ4v) is 0.639. The van der Waals surface area contributed by atoms with E-state index in [0.29, 0.717) is 0 Å². The molecule has 0 aromatic rings. The van der Waals surface area contributed by atoms with E-state index in [1.54, 1.807) is 13.8 Å². The SMILES string of the molecule is C=C1OC(C)(C)OC1=O. The largest absolute Gasteiger partial charge is 0.446 e. The fourth-order valence-electron chi connectivity index (χ4n) is 0.639. The average molecular weight is 128 g/mol. The molecule has 0 bridgehead atoms. The van der Waals surface area contributed by atoms with Crippen molar-refractivity contribution >= 4 is 5.97 Å². The molecule has 1 fully saturated rings. The number of hydrogen-bond donors (Lipinski definition) is 0. The highest BCUT2D eigenvalue weighted by molar-refractivity contribution is 5.87. The van der Waals surface area contributed by atoms with Crippen molar-refractivity contribution in [2.24, 2.45) is 0 Å². The Morgan fingerprint density at radius 3 is 2.11 bits per heavy atom. The second kappa shape index (κ2) is 1.50. The highest BCUT2D eigenvalue weighted by Gasteiger charge is 2.35. The van der Waals surface area contributed by atoms with Gasteiger partial charge in [0.1, 0.15) is 0 Å². The Morgan fingerprint density at radius 1 is 1.44 bits per heavy atom. The molecule has 0 atom stereocenters. The van der Waals surface area contributed by atoms with Crippen molar-refractivity contribution in [1.29, 1.82) is 0 Å². The topological polar surface area (TPSA) is 35.5 Å². The molecule has 1 aliphatic rings. The van der Waals surface area contributed by atoms with Crippen molar-refractivity contribution in [2.45, 2.75) is 19.6 Å². The summed E-state index contributed by atoms with van der Waals surface area (Å²) < 4.78 is 9.59. The molecule has 1 rings (SSSR count). The smallest absolute Gasteiger partial charge is 0.376 e. The van der Waals surface area contributed by atoms with Gasteiger partial charge in [-0.25, -0.2) is 4.79 Å². The van der Waals surface area contributed by atoms with Gasteiger partial charge in [0.2, 0.25) is 11.5 Å². The molecule has 0 aromatic heterocycles. The lowest BCUT2D eigenvalue weighted by molar-refractivity contribution is -0.159. The van der Waals surface area contributed by atoms with Gasteiger partial charge >= 0.3 is 5.97 Å². The Labute approximate surface area is 53.3 Å². The van der Waals surface area contributed by atoms with Crippen molar-refractivity contribution in [3.05, 3.63) is 12.3 Å². The lowest BCUT2D eigenvalue weighted by Crippen LogP contribution is -2.19. The summed E-state index contributed by atoms with van der Waals surface area (Å²) in [4.78, 5) is 10.5. The first kappa shape index (κ1) is 6.13. The minimum absolute atomic E-state index is 0.0833. The van der Waals surface area contributed by atoms with Crippen LogP contribution < -0.4 is 0 Å². The maximum atomic E-state index is 10.5. The van der Waals surface area contributed by atoms with Crippen LogP contribution in [-0.2, 0) is 14.3 Å². The number of esters is 1. The van der Waals surface area contributed by atoms with Crippen molar-refractivity contribution in [1.82, 2.24) is 0 Å². The van der Waals surface area contributed by atoms with E-state index < -0.39 is 11.8 Å². The molecule has 1 saturated heterocycles. The van der Waals surface area contributed by atoms with Crippen LogP contribution in [0.15, 0.2) is 12.3 Å². The zero-order chi connectivity index (χ0) is 7.07. The lowest BCUT2D eigenvalue weighted by Gasteiger charge is -2.13. The Balaban J connectivity index is 2.76. The predicted octanol–water partition coefficient (Wildman–Crippen LogP) is 0.810. The second-order valence-corrected chi connectivity index (χ2v) is 2.31. The van der Waals surface area contributed by atoms with E-state index in [1.807, 2.05) is 0 Å².